The first kappa shape index (κ1) is 20.5. The van der Waals surface area contributed by atoms with Crippen molar-refractivity contribution in [2.45, 2.75) is 0 Å². The molecule has 0 atom stereocenters. The molecule has 3 heteroatoms. The van der Waals surface area contributed by atoms with Gasteiger partial charge in [-0.05, 0) is 51.2 Å². The van der Waals surface area contributed by atoms with Crippen LogP contribution in [-0.4, -0.2) is 14.0 Å². The van der Waals surface area contributed by atoms with Gasteiger partial charge in [-0.2, -0.15) is 0 Å². The Hall–Kier alpha value is -5.41. The van der Waals surface area contributed by atoms with Crippen LogP contribution < -0.4 is 0 Å². The highest BCUT2D eigenvalue weighted by atomic mass is 15.2. The number of fused-ring (bicyclic) bond motifs is 13. The molecule has 40 heavy (non-hydrogen) atoms. The van der Waals surface area contributed by atoms with Crippen molar-refractivity contribution in [3.05, 3.63) is 127 Å². The van der Waals surface area contributed by atoms with Gasteiger partial charge in [0, 0.05) is 21.5 Å². The molecule has 3 nitrogen and oxygen atoms in total. The van der Waals surface area contributed by atoms with E-state index in [1.165, 1.54) is 71.3 Å². The first-order valence-corrected chi connectivity index (χ1v) is 13.8. The third-order valence-electron chi connectivity index (χ3n) is 8.83. The van der Waals surface area contributed by atoms with Crippen LogP contribution in [0.15, 0.2) is 127 Å². The van der Waals surface area contributed by atoms with Crippen molar-refractivity contribution in [3.63, 3.8) is 0 Å². The lowest BCUT2D eigenvalue weighted by molar-refractivity contribution is 1.13. The minimum Gasteiger partial charge on any atom is -0.293 e. The minimum atomic E-state index is 0.997. The largest absolute Gasteiger partial charge is 0.293 e. The molecule has 3 aromatic heterocycles. The summed E-state index contributed by atoms with van der Waals surface area (Å²) >= 11 is 0. The summed E-state index contributed by atoms with van der Waals surface area (Å²) in [7, 11) is 0. The molecule has 10 rings (SSSR count). The molecule has 1 aliphatic carbocycles. The Morgan fingerprint density at radius 2 is 1.02 bits per heavy atom. The zero-order valence-electron chi connectivity index (χ0n) is 21.5. The molecular formula is C37H21N3. The smallest absolute Gasteiger partial charge is 0.151 e. The van der Waals surface area contributed by atoms with E-state index in [9.17, 15) is 0 Å². The van der Waals surface area contributed by atoms with Gasteiger partial charge in [-0.25, -0.2) is 4.98 Å². The number of benzene rings is 6. The molecule has 3 heterocycles. The van der Waals surface area contributed by atoms with Crippen molar-refractivity contribution in [1.82, 2.24) is 14.0 Å². The topological polar surface area (TPSA) is 22.2 Å². The Morgan fingerprint density at radius 1 is 0.425 bits per heavy atom. The molecule has 6 aromatic carbocycles. The molecule has 0 unspecified atom stereocenters. The second-order valence-corrected chi connectivity index (χ2v) is 10.8. The second-order valence-electron chi connectivity index (χ2n) is 10.8. The number of imidazole rings is 1. The van der Waals surface area contributed by atoms with Crippen LogP contribution in [0.25, 0.3) is 88.1 Å². The van der Waals surface area contributed by atoms with Gasteiger partial charge >= 0.3 is 0 Å². The second kappa shape index (κ2) is 7.16. The van der Waals surface area contributed by atoms with Crippen LogP contribution in [0.5, 0.6) is 0 Å². The van der Waals surface area contributed by atoms with E-state index in [2.05, 4.69) is 136 Å². The first-order valence-electron chi connectivity index (χ1n) is 13.8. The normalized spacial score (nSPS) is 12.5. The van der Waals surface area contributed by atoms with E-state index in [1.54, 1.807) is 0 Å². The molecule has 0 bridgehead atoms. The summed E-state index contributed by atoms with van der Waals surface area (Å²) in [5.41, 5.74) is 11.9. The van der Waals surface area contributed by atoms with E-state index in [0.717, 1.165) is 16.8 Å². The standard InChI is InChI=1S/C37H21N3/c1-2-11-23-22(10-1)26-16-9-17-29-33(21-20-27(23)34(26)29)39-32-19-8-6-15-30(32)35-37(39)40-31-18-7-5-13-25(31)24-12-3-4-14-28(24)36(40)38-35/h1-21H. The molecule has 0 amide bonds. The predicted molar refractivity (Wildman–Crippen MR) is 166 cm³/mol. The van der Waals surface area contributed by atoms with Gasteiger partial charge in [0.2, 0.25) is 0 Å². The lowest BCUT2D eigenvalue weighted by Gasteiger charge is -2.15. The van der Waals surface area contributed by atoms with E-state index in [0.29, 0.717) is 0 Å². The Labute approximate surface area is 229 Å². The summed E-state index contributed by atoms with van der Waals surface area (Å²) in [5.74, 6) is 0. The molecule has 9 aromatic rings. The summed E-state index contributed by atoms with van der Waals surface area (Å²) in [6.07, 6.45) is 0. The van der Waals surface area contributed by atoms with E-state index in [1.807, 2.05) is 0 Å². The van der Waals surface area contributed by atoms with Crippen LogP contribution >= 0.6 is 0 Å². The highest BCUT2D eigenvalue weighted by Crippen LogP contribution is 2.49. The average molecular weight is 508 g/mol. The van der Waals surface area contributed by atoms with Crippen LogP contribution in [0.1, 0.15) is 0 Å². The van der Waals surface area contributed by atoms with Gasteiger partial charge < -0.3 is 0 Å². The lowest BCUT2D eigenvalue weighted by atomic mass is 10.0. The van der Waals surface area contributed by atoms with Crippen molar-refractivity contribution in [2.24, 2.45) is 0 Å². The van der Waals surface area contributed by atoms with E-state index in [-0.39, 0.29) is 0 Å². The minimum absolute atomic E-state index is 0.997. The Bertz CT molecular complexity index is 2520. The summed E-state index contributed by atoms with van der Waals surface area (Å²) in [4.78, 5) is 5.37. The van der Waals surface area contributed by atoms with Crippen molar-refractivity contribution in [3.8, 4) is 27.9 Å². The number of hydrogen-bond acceptors (Lipinski definition) is 1. The van der Waals surface area contributed by atoms with Crippen molar-refractivity contribution < 1.29 is 0 Å². The zero-order valence-corrected chi connectivity index (χ0v) is 21.5. The fourth-order valence-electron chi connectivity index (χ4n) is 7.23. The summed E-state index contributed by atoms with van der Waals surface area (Å²) in [6.45, 7) is 0. The highest BCUT2D eigenvalue weighted by molar-refractivity contribution is 6.20. The van der Waals surface area contributed by atoms with Gasteiger partial charge in [0.1, 0.15) is 11.2 Å². The lowest BCUT2D eigenvalue weighted by Crippen LogP contribution is -2.00. The summed E-state index contributed by atoms with van der Waals surface area (Å²) < 4.78 is 4.82. The Balaban J connectivity index is 1.45. The fraction of sp³-hybridized carbons (Fsp3) is 0. The molecule has 0 N–H and O–H groups in total. The van der Waals surface area contributed by atoms with Gasteiger partial charge in [-0.15, -0.1) is 0 Å². The monoisotopic (exact) mass is 507 g/mol. The molecule has 1 aliphatic rings. The van der Waals surface area contributed by atoms with Gasteiger partial charge in [0.25, 0.3) is 0 Å². The summed E-state index contributed by atoms with van der Waals surface area (Å²) in [5, 5.41) is 7.39. The van der Waals surface area contributed by atoms with Crippen molar-refractivity contribution in [2.75, 3.05) is 0 Å². The maximum atomic E-state index is 5.37. The number of nitrogens with zero attached hydrogens (tertiary/aromatic N) is 3. The fourth-order valence-corrected chi connectivity index (χ4v) is 7.23. The molecule has 0 saturated heterocycles. The quantitative estimate of drug-likeness (QED) is 0.203. The van der Waals surface area contributed by atoms with Gasteiger partial charge in [-0.3, -0.25) is 8.97 Å². The molecule has 0 spiro atoms. The van der Waals surface area contributed by atoms with Crippen LogP contribution in [-0.2, 0) is 0 Å². The maximum absolute atomic E-state index is 5.37. The van der Waals surface area contributed by atoms with Gasteiger partial charge in [0.15, 0.2) is 5.65 Å². The molecule has 0 radical (unpaired) electrons. The Kier molecular flexibility index (Phi) is 3.68. The average Bonchev–Trinajstić information content (AvgIpc) is 3.67. The van der Waals surface area contributed by atoms with E-state index >= 15 is 0 Å². The molecule has 184 valence electrons. The molecule has 0 saturated carbocycles. The van der Waals surface area contributed by atoms with Crippen molar-refractivity contribution >= 4 is 60.2 Å². The van der Waals surface area contributed by atoms with Crippen LogP contribution in [0, 0.1) is 0 Å². The number of aromatic nitrogens is 3. The molecule has 0 fully saturated rings. The van der Waals surface area contributed by atoms with Gasteiger partial charge in [0.05, 0.1) is 16.7 Å². The zero-order chi connectivity index (χ0) is 25.9. The van der Waals surface area contributed by atoms with Crippen LogP contribution in [0.2, 0.25) is 0 Å². The van der Waals surface area contributed by atoms with Crippen LogP contribution in [0.3, 0.4) is 0 Å². The first-order chi connectivity index (χ1) is 19.9. The third kappa shape index (κ3) is 2.35. The Morgan fingerprint density at radius 3 is 1.85 bits per heavy atom. The van der Waals surface area contributed by atoms with Gasteiger partial charge in [-0.1, -0.05) is 109 Å². The maximum Gasteiger partial charge on any atom is 0.151 e. The predicted octanol–water partition coefficient (Wildman–Crippen LogP) is 9.54. The van der Waals surface area contributed by atoms with Crippen LogP contribution in [0.4, 0.5) is 0 Å². The third-order valence-corrected chi connectivity index (χ3v) is 8.83. The summed E-state index contributed by atoms with van der Waals surface area (Å²) in [6, 6.07) is 46.2. The number of para-hydroxylation sites is 2. The molecule has 0 aliphatic heterocycles. The van der Waals surface area contributed by atoms with Crippen molar-refractivity contribution in [1.29, 1.82) is 0 Å². The SMILES string of the molecule is c1ccc2c(c1)-c1cccc3c(-n4c5ccccc5c5nc6c7ccccc7c7ccccc7n6c54)ccc-2c13. The van der Waals surface area contributed by atoms with E-state index < -0.39 is 0 Å². The number of hydrogen-bond donors (Lipinski definition) is 0. The van der Waals surface area contributed by atoms with E-state index in [4.69, 9.17) is 4.98 Å². The number of rotatable bonds is 1. The number of pyridine rings is 1. The highest BCUT2D eigenvalue weighted by Gasteiger charge is 2.25. The molecular weight excluding hydrogens is 486 g/mol.